The number of fused-ring (bicyclic) bond motifs is 1. The van der Waals surface area contributed by atoms with Crippen LogP contribution in [0.3, 0.4) is 0 Å². The predicted molar refractivity (Wildman–Crippen MR) is 70.9 cm³/mol. The maximum atomic E-state index is 5.90. The average molecular weight is 232 g/mol. The van der Waals surface area contributed by atoms with Gasteiger partial charge in [0.05, 0.1) is 7.11 Å². The van der Waals surface area contributed by atoms with Gasteiger partial charge in [0, 0.05) is 18.2 Å². The highest BCUT2D eigenvalue weighted by Gasteiger charge is 2.15. The Labute approximate surface area is 102 Å². The molecule has 0 heterocycles. The van der Waals surface area contributed by atoms with E-state index in [0.717, 1.165) is 25.0 Å². The van der Waals surface area contributed by atoms with Crippen molar-refractivity contribution >= 4 is 6.08 Å². The van der Waals surface area contributed by atoms with Gasteiger partial charge < -0.3 is 16.2 Å². The van der Waals surface area contributed by atoms with Crippen LogP contribution < -0.4 is 16.2 Å². The first-order valence-electron chi connectivity index (χ1n) is 6.05. The van der Waals surface area contributed by atoms with Gasteiger partial charge in [-0.25, -0.2) is 0 Å². The fraction of sp³-hybridized carbons (Fsp3) is 0.429. The van der Waals surface area contributed by atoms with Crippen molar-refractivity contribution < 1.29 is 4.74 Å². The van der Waals surface area contributed by atoms with Crippen LogP contribution in [0, 0.1) is 0 Å². The second-order valence-electron chi connectivity index (χ2n) is 4.54. The summed E-state index contributed by atoms with van der Waals surface area (Å²) in [6, 6.07) is 6.27. The molecule has 92 valence electrons. The molecule has 0 aliphatic heterocycles. The molecule has 1 aromatic carbocycles. The van der Waals surface area contributed by atoms with Crippen molar-refractivity contribution in [2.24, 2.45) is 11.5 Å². The molecule has 3 heteroatoms. The highest BCUT2D eigenvalue weighted by molar-refractivity contribution is 5.65. The van der Waals surface area contributed by atoms with E-state index >= 15 is 0 Å². The minimum Gasteiger partial charge on any atom is -0.496 e. The van der Waals surface area contributed by atoms with Gasteiger partial charge in [-0.2, -0.15) is 0 Å². The number of hydrogen-bond donors (Lipinski definition) is 2. The Bertz CT molecular complexity index is 426. The molecule has 0 saturated carbocycles. The number of hydrogen-bond acceptors (Lipinski definition) is 3. The fourth-order valence-corrected chi connectivity index (χ4v) is 2.30. The summed E-state index contributed by atoms with van der Waals surface area (Å²) in [6.45, 7) is 0.538. The molecule has 0 bridgehead atoms. The summed E-state index contributed by atoms with van der Waals surface area (Å²) in [5, 5.41) is 0. The molecule has 4 N–H and O–H groups in total. The Kier molecular flexibility index (Phi) is 3.82. The Hall–Kier alpha value is -1.32. The zero-order chi connectivity index (χ0) is 12.3. The molecule has 0 fully saturated rings. The summed E-state index contributed by atoms with van der Waals surface area (Å²) in [7, 11) is 1.71. The minimum absolute atomic E-state index is 0.0671. The first kappa shape index (κ1) is 12.1. The standard InChI is InChI=1S/C14H20N2O/c1-17-14-4-2-3-11-6-5-10(8-13(11)14)7-12(16)9-15/h2-4,8,12H,5-7,9,15-16H2,1H3/t12-/m0/s1. The smallest absolute Gasteiger partial charge is 0.126 e. The first-order chi connectivity index (χ1) is 8.24. The Balaban J connectivity index is 2.26. The van der Waals surface area contributed by atoms with Gasteiger partial charge in [0.2, 0.25) is 0 Å². The van der Waals surface area contributed by atoms with Gasteiger partial charge in [0.25, 0.3) is 0 Å². The number of aryl methyl sites for hydroxylation is 1. The van der Waals surface area contributed by atoms with E-state index in [4.69, 9.17) is 16.2 Å². The van der Waals surface area contributed by atoms with Crippen LogP contribution in [0.1, 0.15) is 24.0 Å². The number of ether oxygens (including phenoxy) is 1. The topological polar surface area (TPSA) is 61.3 Å². The Morgan fingerprint density at radius 2 is 2.18 bits per heavy atom. The zero-order valence-corrected chi connectivity index (χ0v) is 10.3. The second-order valence-corrected chi connectivity index (χ2v) is 4.54. The summed E-state index contributed by atoms with van der Waals surface area (Å²) in [4.78, 5) is 0. The lowest BCUT2D eigenvalue weighted by Gasteiger charge is -2.20. The Morgan fingerprint density at radius 1 is 1.35 bits per heavy atom. The van der Waals surface area contributed by atoms with Gasteiger partial charge in [0.15, 0.2) is 0 Å². The van der Waals surface area contributed by atoms with Gasteiger partial charge in [-0.15, -0.1) is 0 Å². The maximum absolute atomic E-state index is 5.90. The molecule has 0 saturated heterocycles. The highest BCUT2D eigenvalue weighted by atomic mass is 16.5. The van der Waals surface area contributed by atoms with E-state index in [9.17, 15) is 0 Å². The average Bonchev–Trinajstić information content (AvgIpc) is 2.37. The zero-order valence-electron chi connectivity index (χ0n) is 10.3. The van der Waals surface area contributed by atoms with Gasteiger partial charge >= 0.3 is 0 Å². The van der Waals surface area contributed by atoms with E-state index in [2.05, 4.69) is 12.1 Å². The quantitative estimate of drug-likeness (QED) is 0.830. The molecule has 0 unspecified atom stereocenters. The highest BCUT2D eigenvalue weighted by Crippen LogP contribution is 2.32. The van der Waals surface area contributed by atoms with Crippen LogP contribution in [0.2, 0.25) is 0 Å². The molecule has 2 rings (SSSR count). The largest absolute Gasteiger partial charge is 0.496 e. The van der Waals surface area contributed by atoms with Crippen LogP contribution in [-0.2, 0) is 6.42 Å². The summed E-state index contributed by atoms with van der Waals surface area (Å²) < 4.78 is 5.39. The van der Waals surface area contributed by atoms with E-state index in [0.29, 0.717) is 6.54 Å². The lowest BCUT2D eigenvalue weighted by atomic mass is 9.89. The van der Waals surface area contributed by atoms with Crippen molar-refractivity contribution in [3.63, 3.8) is 0 Å². The van der Waals surface area contributed by atoms with Crippen LogP contribution in [0.5, 0.6) is 5.75 Å². The molecular weight excluding hydrogens is 212 g/mol. The fourth-order valence-electron chi connectivity index (χ4n) is 2.30. The van der Waals surface area contributed by atoms with Crippen LogP contribution >= 0.6 is 0 Å². The first-order valence-corrected chi connectivity index (χ1v) is 6.05. The van der Waals surface area contributed by atoms with Crippen molar-refractivity contribution in [3.8, 4) is 5.75 Å². The maximum Gasteiger partial charge on any atom is 0.126 e. The summed E-state index contributed by atoms with van der Waals surface area (Å²) in [5.74, 6) is 0.945. The molecule has 0 amide bonds. The molecule has 3 nitrogen and oxygen atoms in total. The van der Waals surface area contributed by atoms with Crippen molar-refractivity contribution in [1.29, 1.82) is 0 Å². The molecule has 0 radical (unpaired) electrons. The Morgan fingerprint density at radius 3 is 2.88 bits per heavy atom. The normalized spacial score (nSPS) is 16.1. The SMILES string of the molecule is COc1cccc2c1C=C(C[C@H](N)CN)CC2. The molecule has 1 aliphatic rings. The lowest BCUT2D eigenvalue weighted by Crippen LogP contribution is -2.30. The number of rotatable bonds is 4. The summed E-state index contributed by atoms with van der Waals surface area (Å²) in [5.41, 5.74) is 15.4. The van der Waals surface area contributed by atoms with Crippen LogP contribution in [0.4, 0.5) is 0 Å². The third-order valence-electron chi connectivity index (χ3n) is 3.27. The monoisotopic (exact) mass is 232 g/mol. The van der Waals surface area contributed by atoms with E-state index in [1.807, 2.05) is 12.1 Å². The van der Waals surface area contributed by atoms with Crippen molar-refractivity contribution in [2.45, 2.75) is 25.3 Å². The number of nitrogens with two attached hydrogens (primary N) is 2. The summed E-state index contributed by atoms with van der Waals surface area (Å²) in [6.07, 6.45) is 5.24. The molecule has 1 aromatic rings. The molecule has 1 aliphatic carbocycles. The van der Waals surface area contributed by atoms with E-state index in [1.54, 1.807) is 7.11 Å². The van der Waals surface area contributed by atoms with Gasteiger partial charge in [0.1, 0.15) is 5.75 Å². The predicted octanol–water partition coefficient (Wildman–Crippen LogP) is 1.70. The molecule has 0 aromatic heterocycles. The molecule has 0 spiro atoms. The van der Waals surface area contributed by atoms with Crippen LogP contribution in [0.15, 0.2) is 23.8 Å². The van der Waals surface area contributed by atoms with Crippen molar-refractivity contribution in [2.75, 3.05) is 13.7 Å². The van der Waals surface area contributed by atoms with Crippen molar-refractivity contribution in [1.82, 2.24) is 0 Å². The van der Waals surface area contributed by atoms with E-state index < -0.39 is 0 Å². The van der Waals surface area contributed by atoms with E-state index in [-0.39, 0.29) is 6.04 Å². The second kappa shape index (κ2) is 5.34. The number of benzene rings is 1. The summed E-state index contributed by atoms with van der Waals surface area (Å²) >= 11 is 0. The minimum atomic E-state index is 0.0671. The lowest BCUT2D eigenvalue weighted by molar-refractivity contribution is 0.413. The van der Waals surface area contributed by atoms with Gasteiger partial charge in [-0.3, -0.25) is 0 Å². The van der Waals surface area contributed by atoms with Gasteiger partial charge in [-0.1, -0.05) is 23.8 Å². The third-order valence-corrected chi connectivity index (χ3v) is 3.27. The van der Waals surface area contributed by atoms with Gasteiger partial charge in [-0.05, 0) is 30.9 Å². The van der Waals surface area contributed by atoms with E-state index in [1.165, 1.54) is 16.7 Å². The van der Waals surface area contributed by atoms with Crippen LogP contribution in [0.25, 0.3) is 6.08 Å². The molecular formula is C14H20N2O. The van der Waals surface area contributed by atoms with Crippen LogP contribution in [-0.4, -0.2) is 19.7 Å². The molecule has 17 heavy (non-hydrogen) atoms. The number of methoxy groups -OCH3 is 1. The molecule has 1 atom stereocenters. The van der Waals surface area contributed by atoms with Crippen molar-refractivity contribution in [3.05, 3.63) is 34.9 Å². The third kappa shape index (κ3) is 2.68.